The van der Waals surface area contributed by atoms with Crippen molar-refractivity contribution in [1.29, 1.82) is 0 Å². The van der Waals surface area contributed by atoms with Crippen LogP contribution in [0.15, 0.2) is 53.7 Å². The van der Waals surface area contributed by atoms with E-state index in [0.29, 0.717) is 25.6 Å². The number of aromatic nitrogens is 1. The molecule has 4 N–H and O–H groups in total. The molecule has 0 spiro atoms. The van der Waals surface area contributed by atoms with Gasteiger partial charge in [-0.15, -0.1) is 24.0 Å². The molecule has 0 saturated heterocycles. The van der Waals surface area contributed by atoms with E-state index in [0.717, 1.165) is 28.6 Å². The van der Waals surface area contributed by atoms with Crippen LogP contribution in [0.25, 0.3) is 10.9 Å². The first-order chi connectivity index (χ1) is 14.1. The number of hydrogen-bond donors (Lipinski definition) is 4. The Bertz CT molecular complexity index is 1010. The summed E-state index contributed by atoms with van der Waals surface area (Å²) in [6.45, 7) is 1.90. The highest BCUT2D eigenvalue weighted by atomic mass is 127. The van der Waals surface area contributed by atoms with Gasteiger partial charge < -0.3 is 20.9 Å². The fraction of sp³-hybridized carbons (Fsp3) is 0.250. The highest BCUT2D eigenvalue weighted by Crippen LogP contribution is 2.19. The van der Waals surface area contributed by atoms with Crippen molar-refractivity contribution < 1.29 is 9.31 Å². The minimum Gasteiger partial charge on any atom is -0.383 e. The average Bonchev–Trinajstić information content (AvgIpc) is 3.12. The van der Waals surface area contributed by atoms with E-state index in [-0.39, 0.29) is 35.5 Å². The van der Waals surface area contributed by atoms with Crippen LogP contribution in [0.4, 0.5) is 15.8 Å². The van der Waals surface area contributed by atoms with Crippen LogP contribution in [0.1, 0.15) is 5.56 Å². The molecule has 160 valence electrons. The predicted molar refractivity (Wildman–Crippen MR) is 128 cm³/mol. The molecule has 0 bridgehead atoms. The Morgan fingerprint density at radius 3 is 2.57 bits per heavy atom. The summed E-state index contributed by atoms with van der Waals surface area (Å²) in [5.74, 6) is 0.422. The summed E-state index contributed by atoms with van der Waals surface area (Å²) in [7, 11) is 1.69. The molecule has 3 rings (SSSR count). The van der Waals surface area contributed by atoms with Crippen molar-refractivity contribution in [3.8, 4) is 0 Å². The number of nitrogens with one attached hydrogen (secondary N) is 4. The second kappa shape index (κ2) is 11.3. The molecule has 0 unspecified atom stereocenters. The minimum absolute atomic E-state index is 0. The lowest BCUT2D eigenvalue weighted by Gasteiger charge is -2.12. The van der Waals surface area contributed by atoms with Gasteiger partial charge in [0, 0.05) is 61.6 Å². The number of halogens is 2. The zero-order valence-corrected chi connectivity index (χ0v) is 18.8. The van der Waals surface area contributed by atoms with Gasteiger partial charge in [-0.25, -0.2) is 4.39 Å². The van der Waals surface area contributed by atoms with Crippen molar-refractivity contribution in [2.24, 2.45) is 4.99 Å². The molecular weight excluding hydrogens is 502 g/mol. The summed E-state index contributed by atoms with van der Waals surface area (Å²) >= 11 is 0. The molecule has 0 atom stereocenters. The van der Waals surface area contributed by atoms with Gasteiger partial charge in [0.05, 0.1) is 4.92 Å². The lowest BCUT2D eigenvalue weighted by Crippen LogP contribution is -2.40. The Balaban J connectivity index is 0.00000320. The van der Waals surface area contributed by atoms with Gasteiger partial charge >= 0.3 is 0 Å². The number of aromatic amines is 1. The summed E-state index contributed by atoms with van der Waals surface area (Å²) in [5, 5.41) is 21.2. The Morgan fingerprint density at radius 1 is 1.13 bits per heavy atom. The largest absolute Gasteiger partial charge is 0.383 e. The van der Waals surface area contributed by atoms with Gasteiger partial charge in [-0.05, 0) is 42.3 Å². The first kappa shape index (κ1) is 23.4. The number of H-pyrrole nitrogens is 1. The van der Waals surface area contributed by atoms with Gasteiger partial charge in [0.25, 0.3) is 5.69 Å². The molecule has 0 amide bonds. The molecule has 10 heteroatoms. The number of nitrogens with zero attached hydrogens (tertiary/aromatic N) is 2. The van der Waals surface area contributed by atoms with E-state index in [4.69, 9.17) is 0 Å². The van der Waals surface area contributed by atoms with Crippen LogP contribution in [0, 0.1) is 15.9 Å². The molecular formula is C20H24FIN6O2. The van der Waals surface area contributed by atoms with Gasteiger partial charge in [-0.2, -0.15) is 0 Å². The summed E-state index contributed by atoms with van der Waals surface area (Å²) in [6, 6.07) is 11.0. The average molecular weight is 526 g/mol. The maximum atomic E-state index is 13.5. The van der Waals surface area contributed by atoms with Crippen LogP contribution in [-0.4, -0.2) is 42.5 Å². The van der Waals surface area contributed by atoms with Crippen molar-refractivity contribution in [3.05, 3.63) is 70.2 Å². The van der Waals surface area contributed by atoms with Gasteiger partial charge in [0.15, 0.2) is 5.96 Å². The standard InChI is InChI=1S/C20H23FN6O2.HI/c1-22-20(25-11-10-23-16-3-5-17(6-4-16)27(28)29)24-9-8-14-13-26-19-7-2-15(21)12-18(14)19;/h2-7,12-13,23,26H,8-11H2,1H3,(H2,22,24,25);1H. The molecule has 1 aromatic heterocycles. The third kappa shape index (κ3) is 6.31. The molecule has 3 aromatic rings. The van der Waals surface area contributed by atoms with Crippen molar-refractivity contribution in [2.75, 3.05) is 32.0 Å². The van der Waals surface area contributed by atoms with Gasteiger partial charge in [-0.3, -0.25) is 15.1 Å². The quantitative estimate of drug-likeness (QED) is 0.0896. The number of anilines is 1. The van der Waals surface area contributed by atoms with Crippen molar-refractivity contribution in [2.45, 2.75) is 6.42 Å². The van der Waals surface area contributed by atoms with Crippen LogP contribution in [-0.2, 0) is 6.42 Å². The second-order valence-electron chi connectivity index (χ2n) is 6.41. The van der Waals surface area contributed by atoms with Gasteiger partial charge in [-0.1, -0.05) is 0 Å². The Labute approximate surface area is 190 Å². The summed E-state index contributed by atoms with van der Waals surface area (Å²) in [5.41, 5.74) is 2.84. The number of nitro benzene ring substituents is 1. The number of hydrogen-bond acceptors (Lipinski definition) is 4. The van der Waals surface area contributed by atoms with Crippen LogP contribution in [0.5, 0.6) is 0 Å². The van der Waals surface area contributed by atoms with Crippen molar-refractivity contribution >= 4 is 52.2 Å². The smallest absolute Gasteiger partial charge is 0.269 e. The molecule has 0 aliphatic rings. The number of fused-ring (bicyclic) bond motifs is 1. The molecule has 0 saturated carbocycles. The Hall–Kier alpha value is -2.89. The summed E-state index contributed by atoms with van der Waals surface area (Å²) in [4.78, 5) is 17.6. The van der Waals surface area contributed by atoms with E-state index in [9.17, 15) is 14.5 Å². The maximum absolute atomic E-state index is 13.5. The SMILES string of the molecule is CN=C(NCCNc1ccc([N+](=O)[O-])cc1)NCCc1c[nH]c2ccc(F)cc12.I. The monoisotopic (exact) mass is 526 g/mol. The second-order valence-corrected chi connectivity index (χ2v) is 6.41. The van der Waals surface area contributed by atoms with E-state index in [1.165, 1.54) is 24.3 Å². The van der Waals surface area contributed by atoms with Crippen molar-refractivity contribution in [1.82, 2.24) is 15.6 Å². The van der Waals surface area contributed by atoms with Crippen LogP contribution in [0.3, 0.4) is 0 Å². The first-order valence-electron chi connectivity index (χ1n) is 9.25. The molecule has 0 radical (unpaired) electrons. The van der Waals surface area contributed by atoms with E-state index < -0.39 is 4.92 Å². The maximum Gasteiger partial charge on any atom is 0.269 e. The number of nitro groups is 1. The van der Waals surface area contributed by atoms with Crippen LogP contribution in [0.2, 0.25) is 0 Å². The molecule has 0 fully saturated rings. The fourth-order valence-electron chi connectivity index (χ4n) is 2.98. The summed E-state index contributed by atoms with van der Waals surface area (Å²) in [6.07, 6.45) is 2.63. The fourth-order valence-corrected chi connectivity index (χ4v) is 2.98. The molecule has 0 aliphatic carbocycles. The number of guanidine groups is 1. The Morgan fingerprint density at radius 2 is 1.87 bits per heavy atom. The van der Waals surface area contributed by atoms with E-state index in [1.54, 1.807) is 25.2 Å². The summed E-state index contributed by atoms with van der Waals surface area (Å²) < 4.78 is 13.5. The number of benzene rings is 2. The molecule has 1 heterocycles. The number of aliphatic imine (C=N–C) groups is 1. The van der Waals surface area contributed by atoms with Gasteiger partial charge in [0.2, 0.25) is 0 Å². The topological polar surface area (TPSA) is 107 Å². The van der Waals surface area contributed by atoms with E-state index in [2.05, 4.69) is 25.9 Å². The van der Waals surface area contributed by atoms with Crippen molar-refractivity contribution in [3.63, 3.8) is 0 Å². The predicted octanol–water partition coefficient (Wildman–Crippen LogP) is 3.65. The third-order valence-corrected chi connectivity index (χ3v) is 4.46. The molecule has 0 aliphatic heterocycles. The lowest BCUT2D eigenvalue weighted by atomic mass is 10.1. The molecule has 30 heavy (non-hydrogen) atoms. The molecule has 8 nitrogen and oxygen atoms in total. The number of rotatable bonds is 8. The van der Waals surface area contributed by atoms with Gasteiger partial charge in [0.1, 0.15) is 5.82 Å². The highest BCUT2D eigenvalue weighted by molar-refractivity contribution is 14.0. The first-order valence-corrected chi connectivity index (χ1v) is 9.25. The highest BCUT2D eigenvalue weighted by Gasteiger charge is 2.06. The minimum atomic E-state index is -0.423. The lowest BCUT2D eigenvalue weighted by molar-refractivity contribution is -0.384. The van der Waals surface area contributed by atoms with E-state index >= 15 is 0 Å². The normalized spacial score (nSPS) is 11.1. The van der Waals surface area contributed by atoms with Crippen LogP contribution < -0.4 is 16.0 Å². The zero-order chi connectivity index (χ0) is 20.6. The van der Waals surface area contributed by atoms with E-state index in [1.807, 2.05) is 6.20 Å². The Kier molecular flexibility index (Phi) is 8.84. The third-order valence-electron chi connectivity index (χ3n) is 4.46. The molecule has 2 aromatic carbocycles. The zero-order valence-electron chi connectivity index (χ0n) is 16.4. The number of non-ortho nitro benzene ring substituents is 1. The van der Waals surface area contributed by atoms with Crippen LogP contribution >= 0.6 is 24.0 Å².